The Morgan fingerprint density at radius 2 is 1.63 bits per heavy atom. The van der Waals surface area contributed by atoms with Gasteiger partial charge in [0, 0.05) is 12.7 Å². The molecule has 7 heteroatoms. The van der Waals surface area contributed by atoms with E-state index in [1.165, 1.54) is 12.1 Å². The summed E-state index contributed by atoms with van der Waals surface area (Å²) in [7, 11) is -3.31. The summed E-state index contributed by atoms with van der Waals surface area (Å²) in [6, 6.07) is 8.37. The predicted molar refractivity (Wildman–Crippen MR) is 102 cm³/mol. The van der Waals surface area contributed by atoms with Gasteiger partial charge in [0.25, 0.3) is 0 Å². The van der Waals surface area contributed by atoms with Crippen molar-refractivity contribution in [1.29, 1.82) is 0 Å². The van der Waals surface area contributed by atoms with E-state index in [2.05, 4.69) is 0 Å². The predicted octanol–water partition coefficient (Wildman–Crippen LogP) is 4.85. The van der Waals surface area contributed by atoms with Crippen LogP contribution in [-0.4, -0.2) is 19.9 Å². The van der Waals surface area contributed by atoms with Crippen LogP contribution in [0.15, 0.2) is 46.9 Å². The van der Waals surface area contributed by atoms with Crippen molar-refractivity contribution in [1.82, 2.24) is 0 Å². The molecule has 0 amide bonds. The number of sulfone groups is 1. The topological polar surface area (TPSA) is 51.2 Å². The average molecular weight is 409 g/mol. The monoisotopic (exact) mass is 408 g/mol. The maximum Gasteiger partial charge on any atom is 0.226 e. The molecule has 0 atom stereocenters. The quantitative estimate of drug-likeness (QED) is 0.679. The Morgan fingerprint density at radius 1 is 1.07 bits per heavy atom. The lowest BCUT2D eigenvalue weighted by molar-refractivity contribution is -0.110. The summed E-state index contributed by atoms with van der Waals surface area (Å²) in [6.07, 6.45) is 2.76. The molecule has 0 N–H and O–H groups in total. The standard InChI is InChI=1S/C20H15ClF2O3S/c1-11-14(7-12-3-5-13(6-4-12)27(2,25)26)16-8-18(22)19(23)9-17(16)15(11)10-20(21)24/h3-9H,10H2,1-2H3/b14-7-. The summed E-state index contributed by atoms with van der Waals surface area (Å²) < 4.78 is 50.7. The van der Waals surface area contributed by atoms with Crippen LogP contribution in [0.5, 0.6) is 0 Å². The number of allylic oxidation sites excluding steroid dienone is 3. The zero-order valence-corrected chi connectivity index (χ0v) is 16.1. The van der Waals surface area contributed by atoms with Crippen LogP contribution < -0.4 is 0 Å². The van der Waals surface area contributed by atoms with E-state index in [4.69, 9.17) is 11.6 Å². The second-order valence-corrected chi connectivity index (χ2v) is 8.78. The Balaban J connectivity index is 2.15. The van der Waals surface area contributed by atoms with E-state index in [9.17, 15) is 22.0 Å². The molecular weight excluding hydrogens is 394 g/mol. The fourth-order valence-corrected chi connectivity index (χ4v) is 3.88. The summed E-state index contributed by atoms with van der Waals surface area (Å²) >= 11 is 5.51. The van der Waals surface area contributed by atoms with E-state index >= 15 is 0 Å². The number of halogens is 3. The van der Waals surface area contributed by atoms with Gasteiger partial charge in [0.1, 0.15) is 0 Å². The molecule has 0 spiro atoms. The maximum atomic E-state index is 13.8. The summed E-state index contributed by atoms with van der Waals surface area (Å²) in [5, 5.41) is -0.598. The van der Waals surface area contributed by atoms with Crippen molar-refractivity contribution in [3.05, 3.63) is 70.3 Å². The molecule has 3 nitrogen and oxygen atoms in total. The largest absolute Gasteiger partial charge is 0.281 e. The normalized spacial score (nSPS) is 15.4. The molecule has 0 bridgehead atoms. The highest BCUT2D eigenvalue weighted by atomic mass is 35.5. The first-order chi connectivity index (χ1) is 12.6. The van der Waals surface area contributed by atoms with Gasteiger partial charge in [-0.1, -0.05) is 12.1 Å². The second kappa shape index (κ2) is 7.02. The highest BCUT2D eigenvalue weighted by Crippen LogP contribution is 2.44. The molecule has 0 aliphatic heterocycles. The van der Waals surface area contributed by atoms with E-state index in [1.807, 2.05) is 0 Å². The minimum absolute atomic E-state index is 0.101. The van der Waals surface area contributed by atoms with E-state index < -0.39 is 26.7 Å². The molecule has 0 heterocycles. The van der Waals surface area contributed by atoms with Crippen LogP contribution in [0.4, 0.5) is 8.78 Å². The molecule has 0 fully saturated rings. The smallest absolute Gasteiger partial charge is 0.226 e. The SMILES string of the molecule is CC1=C(CC(=O)Cl)c2cc(F)c(F)cc2/C1=C\c1ccc(S(C)(=O)=O)cc1. The summed E-state index contributed by atoms with van der Waals surface area (Å²) in [6.45, 7) is 1.75. The van der Waals surface area contributed by atoms with Crippen molar-refractivity contribution in [3.8, 4) is 0 Å². The van der Waals surface area contributed by atoms with Crippen LogP contribution in [0.1, 0.15) is 30.0 Å². The molecule has 0 saturated heterocycles. The highest BCUT2D eigenvalue weighted by Gasteiger charge is 2.27. The molecule has 1 aliphatic carbocycles. The lowest BCUT2D eigenvalue weighted by Crippen LogP contribution is -1.96. The Bertz CT molecular complexity index is 1110. The lowest BCUT2D eigenvalue weighted by Gasteiger charge is -2.06. The Hall–Kier alpha value is -2.31. The minimum Gasteiger partial charge on any atom is -0.281 e. The van der Waals surface area contributed by atoms with E-state index in [-0.39, 0.29) is 11.3 Å². The summed E-state index contributed by atoms with van der Waals surface area (Å²) in [5.74, 6) is -1.99. The van der Waals surface area contributed by atoms with Gasteiger partial charge in [-0.3, -0.25) is 4.79 Å². The third-order valence-electron chi connectivity index (χ3n) is 4.47. The van der Waals surface area contributed by atoms with E-state index in [0.29, 0.717) is 33.4 Å². The highest BCUT2D eigenvalue weighted by molar-refractivity contribution is 7.90. The van der Waals surface area contributed by atoms with Crippen molar-refractivity contribution >= 4 is 43.9 Å². The number of rotatable bonds is 4. The molecule has 3 rings (SSSR count). The van der Waals surface area contributed by atoms with Gasteiger partial charge in [-0.25, -0.2) is 17.2 Å². The number of fused-ring (bicyclic) bond motifs is 1. The summed E-state index contributed by atoms with van der Waals surface area (Å²) in [5.41, 5.74) is 3.44. The van der Waals surface area contributed by atoms with Gasteiger partial charge in [-0.15, -0.1) is 0 Å². The van der Waals surface area contributed by atoms with Gasteiger partial charge in [-0.05, 0) is 82.3 Å². The van der Waals surface area contributed by atoms with Gasteiger partial charge >= 0.3 is 0 Å². The Labute approximate surface area is 160 Å². The Morgan fingerprint density at radius 3 is 2.15 bits per heavy atom. The molecule has 140 valence electrons. The number of benzene rings is 2. The molecule has 27 heavy (non-hydrogen) atoms. The average Bonchev–Trinajstić information content (AvgIpc) is 2.80. The zero-order chi connectivity index (χ0) is 19.9. The number of hydrogen-bond acceptors (Lipinski definition) is 3. The third-order valence-corrected chi connectivity index (χ3v) is 5.73. The van der Waals surface area contributed by atoms with Gasteiger partial charge < -0.3 is 0 Å². The molecule has 0 saturated carbocycles. The molecule has 0 aromatic heterocycles. The van der Waals surface area contributed by atoms with Crippen LogP contribution in [0.2, 0.25) is 0 Å². The second-order valence-electron chi connectivity index (χ2n) is 6.35. The van der Waals surface area contributed by atoms with Crippen LogP contribution in [0.25, 0.3) is 17.2 Å². The van der Waals surface area contributed by atoms with Crippen LogP contribution in [0, 0.1) is 11.6 Å². The molecule has 2 aromatic carbocycles. The molecular formula is C20H15ClF2O3S. The molecule has 2 aromatic rings. The fourth-order valence-electron chi connectivity index (χ4n) is 3.12. The van der Waals surface area contributed by atoms with Gasteiger partial charge in [0.15, 0.2) is 21.5 Å². The fraction of sp³-hybridized carbons (Fsp3) is 0.150. The number of carbonyl (C=O) groups is 1. The van der Waals surface area contributed by atoms with Crippen LogP contribution >= 0.6 is 11.6 Å². The summed E-state index contributed by atoms with van der Waals surface area (Å²) in [4.78, 5) is 11.6. The molecule has 1 aliphatic rings. The van der Waals surface area contributed by atoms with Crippen molar-refractivity contribution in [2.75, 3.05) is 6.26 Å². The van der Waals surface area contributed by atoms with Crippen molar-refractivity contribution in [2.24, 2.45) is 0 Å². The number of carbonyl (C=O) groups excluding carboxylic acids is 1. The minimum atomic E-state index is -3.31. The molecule has 0 unspecified atom stereocenters. The van der Waals surface area contributed by atoms with Crippen molar-refractivity contribution < 1.29 is 22.0 Å². The van der Waals surface area contributed by atoms with Gasteiger partial charge in [-0.2, -0.15) is 0 Å². The molecule has 0 radical (unpaired) electrons. The van der Waals surface area contributed by atoms with E-state index in [1.54, 1.807) is 25.1 Å². The first-order valence-electron chi connectivity index (χ1n) is 7.98. The maximum absolute atomic E-state index is 13.8. The Kier molecular flexibility index (Phi) is 5.06. The first-order valence-corrected chi connectivity index (χ1v) is 10.2. The van der Waals surface area contributed by atoms with Crippen LogP contribution in [0.3, 0.4) is 0 Å². The van der Waals surface area contributed by atoms with Crippen molar-refractivity contribution in [2.45, 2.75) is 18.2 Å². The third kappa shape index (κ3) is 3.87. The van der Waals surface area contributed by atoms with Gasteiger partial charge in [0.05, 0.1) is 4.90 Å². The lowest BCUT2D eigenvalue weighted by atomic mass is 10.0. The van der Waals surface area contributed by atoms with Crippen molar-refractivity contribution in [3.63, 3.8) is 0 Å². The number of hydrogen-bond donors (Lipinski definition) is 0. The van der Waals surface area contributed by atoms with Crippen LogP contribution in [-0.2, 0) is 14.6 Å². The van der Waals surface area contributed by atoms with Gasteiger partial charge in [0.2, 0.25) is 5.24 Å². The first kappa shape index (κ1) is 19.5. The van der Waals surface area contributed by atoms with E-state index in [0.717, 1.165) is 18.4 Å². The zero-order valence-electron chi connectivity index (χ0n) is 14.5.